The molecule has 1 saturated heterocycles. The van der Waals surface area contributed by atoms with Gasteiger partial charge in [-0.1, -0.05) is 30.3 Å². The number of amides is 2. The molecule has 13 heteroatoms. The SMILES string of the molecule is CC(C)(C)OC(=O)NCCN1CCCCC1C(=O)OC(C)(C)C.O=C(O)N1c2ccccc2Sc2cc(C(F)(F)F)ccc21. The van der Waals surface area contributed by atoms with Gasteiger partial charge >= 0.3 is 24.3 Å². The molecular formula is C31H40F3N3O6S. The molecule has 4 rings (SSSR count). The van der Waals surface area contributed by atoms with Crippen molar-refractivity contribution in [3.63, 3.8) is 0 Å². The summed E-state index contributed by atoms with van der Waals surface area (Å²) < 4.78 is 49.0. The Hall–Kier alpha value is -3.45. The van der Waals surface area contributed by atoms with Crippen LogP contribution < -0.4 is 10.2 Å². The molecular weight excluding hydrogens is 599 g/mol. The first-order valence-electron chi connectivity index (χ1n) is 14.3. The van der Waals surface area contributed by atoms with Gasteiger partial charge in [-0.05, 0) is 91.3 Å². The molecule has 1 unspecified atom stereocenters. The molecule has 2 aliphatic rings. The van der Waals surface area contributed by atoms with Crippen LogP contribution in [0, 0.1) is 0 Å². The minimum Gasteiger partial charge on any atom is -0.464 e. The quantitative estimate of drug-likeness (QED) is 0.328. The van der Waals surface area contributed by atoms with E-state index >= 15 is 0 Å². The molecule has 242 valence electrons. The third-order valence-corrected chi connectivity index (χ3v) is 7.52. The number of para-hydroxylation sites is 1. The van der Waals surface area contributed by atoms with E-state index in [2.05, 4.69) is 10.2 Å². The summed E-state index contributed by atoms with van der Waals surface area (Å²) in [6.07, 6.45) is -3.22. The molecule has 44 heavy (non-hydrogen) atoms. The molecule has 0 aromatic heterocycles. The van der Waals surface area contributed by atoms with Crippen molar-refractivity contribution in [1.29, 1.82) is 0 Å². The average Bonchev–Trinajstić information content (AvgIpc) is 2.89. The Kier molecular flexibility index (Phi) is 11.2. The molecule has 2 aromatic carbocycles. The van der Waals surface area contributed by atoms with E-state index in [0.717, 1.165) is 54.6 Å². The summed E-state index contributed by atoms with van der Waals surface area (Å²) >= 11 is 1.13. The molecule has 9 nitrogen and oxygen atoms in total. The third-order valence-electron chi connectivity index (χ3n) is 6.41. The molecule has 0 aliphatic carbocycles. The first-order chi connectivity index (χ1) is 20.4. The first-order valence-corrected chi connectivity index (χ1v) is 15.1. The Balaban J connectivity index is 0.000000241. The molecule has 0 radical (unpaired) electrons. The van der Waals surface area contributed by atoms with E-state index in [4.69, 9.17) is 9.47 Å². The van der Waals surface area contributed by atoms with Crippen molar-refractivity contribution < 1.29 is 42.1 Å². The normalized spacial score (nSPS) is 16.9. The van der Waals surface area contributed by atoms with Gasteiger partial charge < -0.3 is 19.9 Å². The van der Waals surface area contributed by atoms with Gasteiger partial charge in [-0.15, -0.1) is 0 Å². The Morgan fingerprint density at radius 2 is 1.57 bits per heavy atom. The van der Waals surface area contributed by atoms with Crippen LogP contribution in [0.1, 0.15) is 66.4 Å². The summed E-state index contributed by atoms with van der Waals surface area (Å²) in [6.45, 7) is 13.0. The number of halogens is 3. The average molecular weight is 640 g/mol. The Morgan fingerprint density at radius 1 is 0.932 bits per heavy atom. The number of piperidine rings is 1. The third kappa shape index (κ3) is 10.0. The number of carbonyl (C=O) groups excluding carboxylic acids is 2. The molecule has 1 atom stereocenters. The van der Waals surface area contributed by atoms with Crippen LogP contribution in [0.25, 0.3) is 0 Å². The van der Waals surface area contributed by atoms with E-state index in [0.29, 0.717) is 23.7 Å². The number of carboxylic acid groups (broad SMARTS) is 1. The van der Waals surface area contributed by atoms with Crippen LogP contribution in [0.5, 0.6) is 0 Å². The molecule has 0 bridgehead atoms. The fraction of sp³-hybridized carbons (Fsp3) is 0.516. The number of benzene rings is 2. The number of likely N-dealkylation sites (tertiary alicyclic amines) is 1. The van der Waals surface area contributed by atoms with Crippen molar-refractivity contribution >= 4 is 41.3 Å². The second kappa shape index (κ2) is 14.1. The van der Waals surface area contributed by atoms with Gasteiger partial charge in [-0.3, -0.25) is 9.69 Å². The second-order valence-electron chi connectivity index (χ2n) is 12.4. The number of nitrogens with one attached hydrogen (secondary N) is 1. The van der Waals surface area contributed by atoms with Crippen LogP contribution in [0.2, 0.25) is 0 Å². The van der Waals surface area contributed by atoms with Crippen molar-refractivity contribution in [3.8, 4) is 0 Å². The van der Waals surface area contributed by atoms with Crippen LogP contribution in [0.4, 0.5) is 34.1 Å². The minimum atomic E-state index is -4.46. The lowest BCUT2D eigenvalue weighted by Crippen LogP contribution is -2.49. The van der Waals surface area contributed by atoms with Crippen LogP contribution in [0.3, 0.4) is 0 Å². The van der Waals surface area contributed by atoms with Gasteiger partial charge in [-0.2, -0.15) is 13.2 Å². The maximum Gasteiger partial charge on any atom is 0.416 e. The highest BCUT2D eigenvalue weighted by atomic mass is 32.2. The molecule has 2 heterocycles. The van der Waals surface area contributed by atoms with Gasteiger partial charge in [0.25, 0.3) is 0 Å². The molecule has 0 saturated carbocycles. The maximum absolute atomic E-state index is 12.8. The summed E-state index contributed by atoms with van der Waals surface area (Å²) in [5, 5.41) is 12.1. The minimum absolute atomic E-state index is 0.172. The summed E-state index contributed by atoms with van der Waals surface area (Å²) in [5.41, 5.74) is -1.09. The first kappa shape index (κ1) is 35.0. The fourth-order valence-electron chi connectivity index (χ4n) is 4.65. The van der Waals surface area contributed by atoms with Crippen LogP contribution in [-0.2, 0) is 20.4 Å². The summed E-state index contributed by atoms with van der Waals surface area (Å²) in [5.74, 6) is -0.172. The van der Waals surface area contributed by atoms with Crippen molar-refractivity contribution in [2.75, 3.05) is 24.5 Å². The Bertz CT molecular complexity index is 1340. The fourth-order valence-corrected chi connectivity index (χ4v) is 5.75. The van der Waals surface area contributed by atoms with E-state index in [1.54, 1.807) is 24.3 Å². The number of esters is 1. The zero-order valence-corrected chi connectivity index (χ0v) is 26.6. The lowest BCUT2D eigenvalue weighted by Gasteiger charge is -2.35. The smallest absolute Gasteiger partial charge is 0.416 e. The van der Waals surface area contributed by atoms with Crippen molar-refractivity contribution in [2.24, 2.45) is 0 Å². The number of alkyl carbamates (subject to hydrolysis) is 1. The van der Waals surface area contributed by atoms with E-state index in [-0.39, 0.29) is 22.6 Å². The zero-order valence-electron chi connectivity index (χ0n) is 25.8. The summed E-state index contributed by atoms with van der Waals surface area (Å²) in [4.78, 5) is 39.4. The van der Waals surface area contributed by atoms with Gasteiger partial charge in [0, 0.05) is 22.9 Å². The molecule has 2 aliphatic heterocycles. The molecule has 0 spiro atoms. The van der Waals surface area contributed by atoms with E-state index in [1.165, 1.54) is 6.07 Å². The molecule has 2 amide bonds. The Labute approximate surface area is 260 Å². The number of carbonyl (C=O) groups is 3. The van der Waals surface area contributed by atoms with Gasteiger partial charge in [-0.25, -0.2) is 14.5 Å². The number of alkyl halides is 3. The number of nitrogens with zero attached hydrogens (tertiary/aromatic N) is 2. The number of fused-ring (bicyclic) bond motifs is 2. The van der Waals surface area contributed by atoms with E-state index in [1.807, 2.05) is 41.5 Å². The largest absolute Gasteiger partial charge is 0.464 e. The van der Waals surface area contributed by atoms with Crippen LogP contribution in [0.15, 0.2) is 52.3 Å². The second-order valence-corrected chi connectivity index (χ2v) is 13.5. The Morgan fingerprint density at radius 3 is 2.18 bits per heavy atom. The van der Waals surface area contributed by atoms with Crippen molar-refractivity contribution in [2.45, 2.75) is 94.0 Å². The topological polar surface area (TPSA) is 108 Å². The van der Waals surface area contributed by atoms with Gasteiger partial charge in [0.05, 0.1) is 16.9 Å². The van der Waals surface area contributed by atoms with Crippen molar-refractivity contribution in [1.82, 2.24) is 10.2 Å². The predicted octanol–water partition coefficient (Wildman–Crippen LogP) is 7.69. The number of rotatable bonds is 4. The maximum atomic E-state index is 12.8. The van der Waals surface area contributed by atoms with Gasteiger partial charge in [0.15, 0.2) is 0 Å². The standard InChI is InChI=1S/C17H32N2O4.C14H8F3NO2S/c1-16(2,3)22-14(20)13-9-7-8-11-19(13)12-10-18-15(21)23-17(4,5)6;15-14(16,17)8-5-6-10-12(7-8)21-11-4-2-1-3-9(11)18(10)13(19)20/h13H,7-12H2,1-6H3,(H,18,21);1-7H,(H,19,20). The number of hydrogen-bond acceptors (Lipinski definition) is 7. The lowest BCUT2D eigenvalue weighted by molar-refractivity contribution is -0.162. The lowest BCUT2D eigenvalue weighted by atomic mass is 10.0. The highest BCUT2D eigenvalue weighted by Gasteiger charge is 2.35. The highest BCUT2D eigenvalue weighted by molar-refractivity contribution is 7.99. The highest BCUT2D eigenvalue weighted by Crippen LogP contribution is 2.49. The summed E-state index contributed by atoms with van der Waals surface area (Å²) in [6, 6.07) is 9.54. The van der Waals surface area contributed by atoms with Gasteiger partial charge in [0.1, 0.15) is 17.2 Å². The summed E-state index contributed by atoms with van der Waals surface area (Å²) in [7, 11) is 0. The number of hydrogen-bond donors (Lipinski definition) is 2. The zero-order chi connectivity index (χ0) is 32.9. The van der Waals surface area contributed by atoms with Crippen LogP contribution >= 0.6 is 11.8 Å². The molecule has 2 aromatic rings. The van der Waals surface area contributed by atoms with E-state index in [9.17, 15) is 32.7 Å². The van der Waals surface area contributed by atoms with Crippen molar-refractivity contribution in [3.05, 3.63) is 48.0 Å². The monoisotopic (exact) mass is 639 g/mol. The predicted molar refractivity (Wildman–Crippen MR) is 161 cm³/mol. The number of ether oxygens (including phenoxy) is 2. The molecule has 2 N–H and O–H groups in total. The number of anilines is 2. The van der Waals surface area contributed by atoms with Gasteiger partial charge in [0.2, 0.25) is 0 Å². The van der Waals surface area contributed by atoms with Crippen LogP contribution in [-0.4, -0.2) is 65.0 Å². The van der Waals surface area contributed by atoms with E-state index < -0.39 is 35.1 Å². The molecule has 1 fully saturated rings.